The van der Waals surface area contributed by atoms with Crippen molar-refractivity contribution in [1.29, 1.82) is 0 Å². The molecular weight excluding hydrogens is 376 g/mol. The van der Waals surface area contributed by atoms with Gasteiger partial charge >= 0.3 is 5.97 Å². The van der Waals surface area contributed by atoms with Crippen molar-refractivity contribution < 1.29 is 33.9 Å². The van der Waals surface area contributed by atoms with E-state index in [1.807, 2.05) is 0 Å². The summed E-state index contributed by atoms with van der Waals surface area (Å²) in [4.78, 5) is 69.0. The number of carboxylic acids is 1. The number of hydrogen-bond donors (Lipinski definition) is 7. The minimum absolute atomic E-state index is 0.150. The largest absolute Gasteiger partial charge is 0.480 e. The molecule has 10 N–H and O–H groups in total. The Morgan fingerprint density at radius 2 is 1.25 bits per heavy atom. The van der Waals surface area contributed by atoms with Crippen LogP contribution in [0.5, 0.6) is 0 Å². The molecule has 0 rings (SSSR count). The van der Waals surface area contributed by atoms with E-state index in [2.05, 4.69) is 16.0 Å². The normalized spacial score (nSPS) is 13.5. The summed E-state index contributed by atoms with van der Waals surface area (Å²) in [6.07, 6.45) is -0.840. The van der Waals surface area contributed by atoms with Crippen LogP contribution in [0.1, 0.15) is 32.6 Å². The molecule has 28 heavy (non-hydrogen) atoms. The third-order valence-corrected chi connectivity index (χ3v) is 3.56. The number of aliphatic carboxylic acids is 1. The molecule has 0 aliphatic heterocycles. The Kier molecular flexibility index (Phi) is 10.8. The Bertz CT molecular complexity index is 624. The maximum atomic E-state index is 12.5. The van der Waals surface area contributed by atoms with Crippen molar-refractivity contribution in [1.82, 2.24) is 16.0 Å². The molecule has 0 spiro atoms. The van der Waals surface area contributed by atoms with Crippen molar-refractivity contribution in [3.63, 3.8) is 0 Å². The van der Waals surface area contributed by atoms with E-state index in [-0.39, 0.29) is 25.7 Å². The summed E-state index contributed by atoms with van der Waals surface area (Å²) in [7, 11) is 0. The lowest BCUT2D eigenvalue weighted by Crippen LogP contribution is -2.56. The molecule has 158 valence electrons. The minimum atomic E-state index is -1.30. The molecule has 0 saturated heterocycles. The van der Waals surface area contributed by atoms with Crippen LogP contribution in [0.2, 0.25) is 0 Å². The van der Waals surface area contributed by atoms with Crippen LogP contribution in [-0.4, -0.2) is 65.3 Å². The predicted molar refractivity (Wildman–Crippen MR) is 95.0 cm³/mol. The number of carbonyl (C=O) groups is 6. The second-order valence-electron chi connectivity index (χ2n) is 5.96. The van der Waals surface area contributed by atoms with E-state index in [9.17, 15) is 28.8 Å². The fraction of sp³-hybridized carbons (Fsp3) is 0.600. The predicted octanol–water partition coefficient (Wildman–Crippen LogP) is -3.96. The molecule has 0 aromatic heterocycles. The molecule has 0 aliphatic rings. The number of nitrogens with two attached hydrogens (primary N) is 3. The standard InChI is InChI=1S/C15H26N6O7/c1-7(15(27)28)19-13(25)9(3-5-11(18)23)21-14(26)8(2-4-10(17)22)20-12(24)6-16/h7-9H,2-6,16H2,1H3,(H2,17,22)(H2,18,23)(H,19,25)(H,20,24)(H,21,26)(H,27,28). The van der Waals surface area contributed by atoms with Crippen LogP contribution in [0.4, 0.5) is 0 Å². The van der Waals surface area contributed by atoms with Gasteiger partial charge in [0.25, 0.3) is 0 Å². The van der Waals surface area contributed by atoms with E-state index < -0.39 is 60.2 Å². The summed E-state index contributed by atoms with van der Waals surface area (Å²) in [5.74, 6) is -5.12. The molecule has 13 heteroatoms. The first kappa shape index (κ1) is 24.8. The van der Waals surface area contributed by atoms with Gasteiger partial charge in [0.05, 0.1) is 6.54 Å². The average molecular weight is 402 g/mol. The number of amides is 5. The van der Waals surface area contributed by atoms with E-state index in [0.29, 0.717) is 0 Å². The number of carbonyl (C=O) groups excluding carboxylic acids is 5. The van der Waals surface area contributed by atoms with Crippen LogP contribution in [0.3, 0.4) is 0 Å². The fourth-order valence-electron chi connectivity index (χ4n) is 2.01. The van der Waals surface area contributed by atoms with E-state index in [1.165, 1.54) is 6.92 Å². The van der Waals surface area contributed by atoms with Crippen LogP contribution in [0.25, 0.3) is 0 Å². The molecule has 0 bridgehead atoms. The van der Waals surface area contributed by atoms with Gasteiger partial charge in [0.15, 0.2) is 0 Å². The summed E-state index contributed by atoms with van der Waals surface area (Å²) in [5.41, 5.74) is 15.3. The Morgan fingerprint density at radius 3 is 1.64 bits per heavy atom. The van der Waals surface area contributed by atoms with E-state index >= 15 is 0 Å². The molecule has 0 saturated carbocycles. The number of rotatable bonds is 13. The van der Waals surface area contributed by atoms with Gasteiger partial charge in [0, 0.05) is 12.8 Å². The number of nitrogens with one attached hydrogen (secondary N) is 3. The van der Waals surface area contributed by atoms with Gasteiger partial charge in [-0.1, -0.05) is 0 Å². The fourth-order valence-corrected chi connectivity index (χ4v) is 2.01. The van der Waals surface area contributed by atoms with Gasteiger partial charge < -0.3 is 38.3 Å². The van der Waals surface area contributed by atoms with Gasteiger partial charge in [-0.15, -0.1) is 0 Å². The van der Waals surface area contributed by atoms with E-state index in [4.69, 9.17) is 22.3 Å². The summed E-state index contributed by atoms with van der Waals surface area (Å²) in [6, 6.07) is -3.76. The minimum Gasteiger partial charge on any atom is -0.480 e. The van der Waals surface area contributed by atoms with Gasteiger partial charge in [-0.2, -0.15) is 0 Å². The summed E-state index contributed by atoms with van der Waals surface area (Å²) >= 11 is 0. The van der Waals surface area contributed by atoms with Gasteiger partial charge in [0.2, 0.25) is 29.5 Å². The zero-order valence-corrected chi connectivity index (χ0v) is 15.4. The zero-order chi connectivity index (χ0) is 21.9. The lowest BCUT2D eigenvalue weighted by atomic mass is 10.1. The Labute approximate surface area is 160 Å². The van der Waals surface area contributed by atoms with Crippen LogP contribution in [-0.2, 0) is 28.8 Å². The van der Waals surface area contributed by atoms with Crippen molar-refractivity contribution in [3.8, 4) is 0 Å². The van der Waals surface area contributed by atoms with Gasteiger partial charge in [-0.3, -0.25) is 28.8 Å². The highest BCUT2D eigenvalue weighted by Crippen LogP contribution is 2.03. The van der Waals surface area contributed by atoms with Gasteiger partial charge in [-0.25, -0.2) is 0 Å². The molecule has 3 unspecified atom stereocenters. The Balaban J connectivity index is 5.27. The van der Waals surface area contributed by atoms with Crippen LogP contribution >= 0.6 is 0 Å². The Morgan fingerprint density at radius 1 is 0.821 bits per heavy atom. The molecule has 0 radical (unpaired) electrons. The summed E-state index contributed by atoms with van der Waals surface area (Å²) in [6.45, 7) is 0.798. The number of carboxylic acid groups (broad SMARTS) is 1. The van der Waals surface area contributed by atoms with Crippen molar-refractivity contribution in [2.45, 2.75) is 50.7 Å². The Hall–Kier alpha value is -3.22. The highest BCUT2D eigenvalue weighted by atomic mass is 16.4. The highest BCUT2D eigenvalue weighted by molar-refractivity contribution is 5.94. The lowest BCUT2D eigenvalue weighted by Gasteiger charge is -2.23. The van der Waals surface area contributed by atoms with Crippen LogP contribution in [0.15, 0.2) is 0 Å². The van der Waals surface area contributed by atoms with Crippen LogP contribution in [0, 0.1) is 0 Å². The average Bonchev–Trinajstić information content (AvgIpc) is 2.60. The first-order valence-corrected chi connectivity index (χ1v) is 8.37. The highest BCUT2D eigenvalue weighted by Gasteiger charge is 2.28. The van der Waals surface area contributed by atoms with Crippen molar-refractivity contribution in [2.75, 3.05) is 6.54 Å². The molecule has 0 fully saturated rings. The maximum Gasteiger partial charge on any atom is 0.325 e. The molecule has 0 aromatic carbocycles. The molecule has 13 nitrogen and oxygen atoms in total. The number of hydrogen-bond acceptors (Lipinski definition) is 7. The first-order chi connectivity index (χ1) is 13.0. The zero-order valence-electron chi connectivity index (χ0n) is 15.4. The smallest absolute Gasteiger partial charge is 0.325 e. The molecular formula is C15H26N6O7. The van der Waals surface area contributed by atoms with E-state index in [1.54, 1.807) is 0 Å². The van der Waals surface area contributed by atoms with Gasteiger partial charge in [0.1, 0.15) is 18.1 Å². The SMILES string of the molecule is CC(NC(=O)C(CCC(N)=O)NC(=O)C(CCC(N)=O)NC(=O)CN)C(=O)O. The van der Waals surface area contributed by atoms with Crippen molar-refractivity contribution >= 4 is 35.5 Å². The third kappa shape index (κ3) is 10.1. The molecule has 0 heterocycles. The maximum absolute atomic E-state index is 12.5. The second-order valence-corrected chi connectivity index (χ2v) is 5.96. The molecule has 3 atom stereocenters. The first-order valence-electron chi connectivity index (χ1n) is 8.37. The molecule has 5 amide bonds. The molecule has 0 aliphatic carbocycles. The second kappa shape index (κ2) is 12.2. The lowest BCUT2D eigenvalue weighted by molar-refractivity contribution is -0.142. The number of primary amides is 2. The topological polar surface area (TPSA) is 237 Å². The van der Waals surface area contributed by atoms with Crippen molar-refractivity contribution in [3.05, 3.63) is 0 Å². The quantitative estimate of drug-likeness (QED) is 0.160. The third-order valence-electron chi connectivity index (χ3n) is 3.56. The molecule has 0 aromatic rings. The van der Waals surface area contributed by atoms with Gasteiger partial charge in [-0.05, 0) is 19.8 Å². The van der Waals surface area contributed by atoms with Crippen molar-refractivity contribution in [2.24, 2.45) is 17.2 Å². The van der Waals surface area contributed by atoms with E-state index in [0.717, 1.165) is 0 Å². The summed E-state index contributed by atoms with van der Waals surface area (Å²) < 4.78 is 0. The summed E-state index contributed by atoms with van der Waals surface area (Å²) in [5, 5.41) is 15.6. The van der Waals surface area contributed by atoms with Crippen LogP contribution < -0.4 is 33.2 Å². The monoisotopic (exact) mass is 402 g/mol.